The Bertz CT molecular complexity index is 2310. The van der Waals surface area contributed by atoms with Crippen molar-refractivity contribution in [3.05, 3.63) is 164 Å². The van der Waals surface area contributed by atoms with Crippen LogP contribution in [0.1, 0.15) is 5.56 Å². The molecule has 2 N–H and O–H groups in total. The highest BCUT2D eigenvalue weighted by atomic mass is 15.3. The second-order valence-electron chi connectivity index (χ2n) is 11.2. The summed E-state index contributed by atoms with van der Waals surface area (Å²) < 4.78 is 0. The molecule has 1 heterocycles. The highest BCUT2D eigenvalue weighted by Crippen LogP contribution is 2.43. The Morgan fingerprint density at radius 1 is 0.533 bits per heavy atom. The Hall–Kier alpha value is -6.13. The van der Waals surface area contributed by atoms with E-state index in [0.717, 1.165) is 38.7 Å². The number of nitrogens with zero attached hydrogens (tertiary/aromatic N) is 2. The van der Waals surface area contributed by atoms with Gasteiger partial charge in [-0.2, -0.15) is 5.10 Å². The van der Waals surface area contributed by atoms with Gasteiger partial charge >= 0.3 is 0 Å². The van der Waals surface area contributed by atoms with Crippen molar-refractivity contribution in [1.29, 1.82) is 5.41 Å². The molecule has 0 unspecified atom stereocenters. The van der Waals surface area contributed by atoms with Crippen molar-refractivity contribution < 1.29 is 0 Å². The maximum atomic E-state index is 8.93. The SMILES string of the molecule is N=C1C=C(c2c3ccccc3c(-c3ccc4ccccc4c3)c3ccccc23)C=C/C1=N/Nc1cccc(-c2ccncc2)c1. The molecule has 45 heavy (non-hydrogen) atoms. The number of aromatic nitrogens is 1. The fourth-order valence-electron chi connectivity index (χ4n) is 6.32. The van der Waals surface area contributed by atoms with Gasteiger partial charge in [-0.25, -0.2) is 0 Å². The maximum Gasteiger partial charge on any atom is 0.108 e. The standard InChI is InChI=1S/C41H28N4/c42-38-26-32(18-19-39(38)45-44-33-11-7-10-30(25-33)28-20-22-43-23-21-28)41-36-14-5-3-12-34(36)40(35-13-4-6-15-37(35)41)31-17-16-27-8-1-2-9-29(27)24-31/h1-26,42,44H/b42-38?,45-39-. The van der Waals surface area contributed by atoms with Gasteiger partial charge in [0.25, 0.3) is 0 Å². The van der Waals surface area contributed by atoms with Crippen LogP contribution in [-0.4, -0.2) is 16.4 Å². The quantitative estimate of drug-likeness (QED) is 0.122. The molecule has 212 valence electrons. The van der Waals surface area contributed by atoms with Gasteiger partial charge in [-0.05, 0) is 108 Å². The molecule has 4 heteroatoms. The number of anilines is 1. The Labute approximate surface area is 261 Å². The summed E-state index contributed by atoms with van der Waals surface area (Å²) in [5.74, 6) is 0. The van der Waals surface area contributed by atoms with Crippen LogP contribution in [0.2, 0.25) is 0 Å². The van der Waals surface area contributed by atoms with Crippen LogP contribution in [0.25, 0.3) is 60.1 Å². The summed E-state index contributed by atoms with van der Waals surface area (Å²) in [7, 11) is 0. The lowest BCUT2D eigenvalue weighted by molar-refractivity contribution is 1.32. The second kappa shape index (κ2) is 11.2. The van der Waals surface area contributed by atoms with E-state index in [-0.39, 0.29) is 0 Å². The number of hydrogen-bond acceptors (Lipinski definition) is 4. The van der Waals surface area contributed by atoms with Crippen LogP contribution in [0, 0.1) is 5.41 Å². The van der Waals surface area contributed by atoms with Gasteiger partial charge in [0, 0.05) is 12.4 Å². The minimum atomic E-state index is 0.358. The Kier molecular flexibility index (Phi) is 6.58. The van der Waals surface area contributed by atoms with Gasteiger partial charge in [-0.1, -0.05) is 103 Å². The number of hydrogen-bond donors (Lipinski definition) is 2. The molecule has 1 aliphatic rings. The molecule has 6 aromatic carbocycles. The van der Waals surface area contributed by atoms with E-state index in [1.807, 2.05) is 42.5 Å². The molecule has 0 bridgehead atoms. The van der Waals surface area contributed by atoms with E-state index in [2.05, 4.69) is 119 Å². The molecule has 0 atom stereocenters. The van der Waals surface area contributed by atoms with Crippen molar-refractivity contribution in [1.82, 2.24) is 4.98 Å². The molecule has 0 fully saturated rings. The zero-order valence-corrected chi connectivity index (χ0v) is 24.4. The zero-order valence-electron chi connectivity index (χ0n) is 24.4. The molecule has 8 rings (SSSR count). The number of pyridine rings is 1. The summed E-state index contributed by atoms with van der Waals surface area (Å²) in [4.78, 5) is 4.11. The zero-order chi connectivity index (χ0) is 30.2. The smallest absolute Gasteiger partial charge is 0.108 e. The summed E-state index contributed by atoms with van der Waals surface area (Å²) in [6, 6.07) is 44.5. The summed E-state index contributed by atoms with van der Waals surface area (Å²) in [6.07, 6.45) is 9.51. The predicted octanol–water partition coefficient (Wildman–Crippen LogP) is 10.3. The molecule has 0 amide bonds. The molecular formula is C41H28N4. The van der Waals surface area contributed by atoms with Gasteiger partial charge in [0.1, 0.15) is 5.71 Å². The lowest BCUT2D eigenvalue weighted by atomic mass is 9.84. The lowest BCUT2D eigenvalue weighted by Crippen LogP contribution is -2.13. The number of rotatable bonds is 5. The van der Waals surface area contributed by atoms with Crippen LogP contribution < -0.4 is 5.43 Å². The third-order valence-corrected chi connectivity index (χ3v) is 8.44. The van der Waals surface area contributed by atoms with Crippen molar-refractivity contribution in [3.8, 4) is 22.3 Å². The minimum Gasteiger partial charge on any atom is -0.299 e. The molecule has 0 aliphatic heterocycles. The molecule has 0 saturated heterocycles. The number of hydrazone groups is 1. The van der Waals surface area contributed by atoms with E-state index >= 15 is 0 Å². The lowest BCUT2D eigenvalue weighted by Gasteiger charge is -2.19. The van der Waals surface area contributed by atoms with Crippen LogP contribution in [0.5, 0.6) is 0 Å². The van der Waals surface area contributed by atoms with Crippen molar-refractivity contribution in [2.45, 2.75) is 0 Å². The van der Waals surface area contributed by atoms with E-state index in [9.17, 15) is 0 Å². The Balaban J connectivity index is 1.19. The third kappa shape index (κ3) is 4.89. The first-order valence-corrected chi connectivity index (χ1v) is 15.0. The van der Waals surface area contributed by atoms with Crippen molar-refractivity contribution in [2.24, 2.45) is 5.10 Å². The van der Waals surface area contributed by atoms with Gasteiger partial charge < -0.3 is 0 Å². The van der Waals surface area contributed by atoms with E-state index in [1.165, 1.54) is 32.7 Å². The summed E-state index contributed by atoms with van der Waals surface area (Å²) in [6.45, 7) is 0. The van der Waals surface area contributed by atoms with Gasteiger partial charge in [0.2, 0.25) is 0 Å². The van der Waals surface area contributed by atoms with E-state index in [1.54, 1.807) is 12.4 Å². The van der Waals surface area contributed by atoms with Crippen LogP contribution in [0.4, 0.5) is 5.69 Å². The average Bonchev–Trinajstić information content (AvgIpc) is 3.10. The molecule has 0 spiro atoms. The van der Waals surface area contributed by atoms with Crippen LogP contribution in [0.15, 0.2) is 163 Å². The highest BCUT2D eigenvalue weighted by molar-refractivity contribution is 6.52. The highest BCUT2D eigenvalue weighted by Gasteiger charge is 2.19. The monoisotopic (exact) mass is 576 g/mol. The van der Waals surface area contributed by atoms with Gasteiger partial charge in [-0.3, -0.25) is 15.8 Å². The largest absolute Gasteiger partial charge is 0.299 e. The van der Waals surface area contributed by atoms with Crippen molar-refractivity contribution >= 4 is 55.0 Å². The topological polar surface area (TPSA) is 61.1 Å². The van der Waals surface area contributed by atoms with Gasteiger partial charge in [0.15, 0.2) is 0 Å². The normalized spacial score (nSPS) is 13.9. The van der Waals surface area contributed by atoms with E-state index in [4.69, 9.17) is 5.41 Å². The van der Waals surface area contributed by atoms with Crippen LogP contribution in [-0.2, 0) is 0 Å². The summed E-state index contributed by atoms with van der Waals surface area (Å²) >= 11 is 0. The van der Waals surface area contributed by atoms with E-state index < -0.39 is 0 Å². The molecular weight excluding hydrogens is 548 g/mol. The Morgan fingerprint density at radius 3 is 1.91 bits per heavy atom. The van der Waals surface area contributed by atoms with Gasteiger partial charge in [0.05, 0.1) is 11.4 Å². The number of fused-ring (bicyclic) bond motifs is 3. The van der Waals surface area contributed by atoms with Gasteiger partial charge in [-0.15, -0.1) is 0 Å². The number of allylic oxidation sites excluding steroid dienone is 4. The average molecular weight is 577 g/mol. The first-order valence-electron chi connectivity index (χ1n) is 15.0. The molecule has 1 aliphatic carbocycles. The van der Waals surface area contributed by atoms with Crippen molar-refractivity contribution in [3.63, 3.8) is 0 Å². The summed E-state index contributed by atoms with van der Waals surface area (Å²) in [5, 5.41) is 20.7. The van der Waals surface area contributed by atoms with Crippen molar-refractivity contribution in [2.75, 3.05) is 5.43 Å². The molecule has 7 aromatic rings. The second-order valence-corrected chi connectivity index (χ2v) is 11.2. The van der Waals surface area contributed by atoms with Crippen LogP contribution >= 0.6 is 0 Å². The summed E-state index contributed by atoms with van der Waals surface area (Å²) in [5.41, 5.74) is 11.7. The third-order valence-electron chi connectivity index (χ3n) is 8.44. The number of benzene rings is 6. The minimum absolute atomic E-state index is 0.358. The fourth-order valence-corrected chi connectivity index (χ4v) is 6.32. The van der Waals surface area contributed by atoms with Crippen LogP contribution in [0.3, 0.4) is 0 Å². The maximum absolute atomic E-state index is 8.93. The molecule has 0 saturated carbocycles. The molecule has 0 radical (unpaired) electrons. The predicted molar refractivity (Wildman–Crippen MR) is 190 cm³/mol. The Morgan fingerprint density at radius 2 is 1.20 bits per heavy atom. The number of nitrogens with one attached hydrogen (secondary N) is 2. The van der Waals surface area contributed by atoms with E-state index in [0.29, 0.717) is 11.4 Å². The molecule has 4 nitrogen and oxygen atoms in total. The molecule has 1 aromatic heterocycles. The first kappa shape index (κ1) is 26.5. The first-order chi connectivity index (χ1) is 22.2. The fraction of sp³-hybridized carbons (Fsp3) is 0.